The molecule has 13 nitrogen and oxygen atoms in total. The maximum atomic E-state index is 12.5. The number of aromatic amines is 1. The Hall–Kier alpha value is -4.88. The first kappa shape index (κ1) is 38.6. The van der Waals surface area contributed by atoms with Crippen molar-refractivity contribution >= 4 is 59.4 Å². The molecule has 0 atom stereocenters. The van der Waals surface area contributed by atoms with Crippen LogP contribution in [-0.2, 0) is 25.7 Å². The van der Waals surface area contributed by atoms with Gasteiger partial charge in [0.05, 0.1) is 32.4 Å². The quantitative estimate of drug-likeness (QED) is 0.0850. The number of carbonyl (C=O) groups excluding carboxylic acids is 4. The van der Waals surface area contributed by atoms with Crippen molar-refractivity contribution in [2.75, 3.05) is 46.9 Å². The van der Waals surface area contributed by atoms with Crippen LogP contribution in [0.4, 0.5) is 4.79 Å². The minimum Gasteiger partial charge on any atom is -0.453 e. The van der Waals surface area contributed by atoms with E-state index in [4.69, 9.17) is 23.2 Å². The summed E-state index contributed by atoms with van der Waals surface area (Å²) in [5, 5.41) is 8.50. The number of H-pyrrole nitrogens is 1. The number of halogens is 2. The van der Waals surface area contributed by atoms with Crippen molar-refractivity contribution in [1.82, 2.24) is 35.7 Å². The first-order valence-electron chi connectivity index (χ1n) is 15.8. The Balaban J connectivity index is 1.70. The van der Waals surface area contributed by atoms with E-state index in [1.165, 1.54) is 7.11 Å². The highest BCUT2D eigenvalue weighted by Gasteiger charge is 2.18. The predicted octanol–water partition coefficient (Wildman–Crippen LogP) is 4.63. The molecule has 15 heteroatoms. The van der Waals surface area contributed by atoms with Crippen molar-refractivity contribution in [3.63, 3.8) is 0 Å². The van der Waals surface area contributed by atoms with Gasteiger partial charge in [-0.15, -0.1) is 0 Å². The monoisotopic (exact) mass is 712 g/mol. The number of amides is 4. The van der Waals surface area contributed by atoms with Gasteiger partial charge in [0.15, 0.2) is 5.16 Å². The Morgan fingerprint density at radius 1 is 0.939 bits per heavy atom. The second kappa shape index (κ2) is 19.8. The molecule has 0 aliphatic heterocycles. The van der Waals surface area contributed by atoms with E-state index in [0.717, 1.165) is 35.1 Å². The molecule has 2 aromatic carbocycles. The van der Waals surface area contributed by atoms with Crippen LogP contribution in [-0.4, -0.2) is 97.2 Å². The number of imidazole rings is 1. The molecule has 1 aromatic heterocycles. The lowest BCUT2D eigenvalue weighted by molar-refractivity contribution is -0.132. The molecule has 0 aliphatic carbocycles. The van der Waals surface area contributed by atoms with Gasteiger partial charge < -0.3 is 35.5 Å². The molecule has 49 heavy (non-hydrogen) atoms. The predicted molar refractivity (Wildman–Crippen MR) is 192 cm³/mol. The Morgan fingerprint density at radius 3 is 2.12 bits per heavy atom. The average Bonchev–Trinajstić information content (AvgIpc) is 3.48. The molecular weight excluding hydrogens is 671 g/mol. The first-order chi connectivity index (χ1) is 23.6. The van der Waals surface area contributed by atoms with E-state index in [2.05, 4.69) is 35.6 Å². The summed E-state index contributed by atoms with van der Waals surface area (Å²) >= 11 is 13.1. The smallest absolute Gasteiger partial charge is 0.407 e. The summed E-state index contributed by atoms with van der Waals surface area (Å²) < 4.78 is 4.52. The molecule has 0 unspecified atom stereocenters. The van der Waals surface area contributed by atoms with Crippen LogP contribution >= 0.6 is 23.2 Å². The molecule has 0 aliphatic rings. The zero-order chi connectivity index (χ0) is 35.8. The highest BCUT2D eigenvalue weighted by atomic mass is 35.5. The number of aliphatic imine (C=N–C) groups is 1. The fourth-order valence-electron chi connectivity index (χ4n) is 4.87. The third-order valence-electron chi connectivity index (χ3n) is 7.28. The van der Waals surface area contributed by atoms with Gasteiger partial charge in [-0.05, 0) is 24.0 Å². The number of rotatable bonds is 18. The molecule has 0 saturated heterocycles. The van der Waals surface area contributed by atoms with Crippen molar-refractivity contribution in [3.8, 4) is 22.4 Å². The minimum absolute atomic E-state index is 0.0813. The number of hydrogen-bond acceptors (Lipinski definition) is 8. The van der Waals surface area contributed by atoms with Gasteiger partial charge in [-0.1, -0.05) is 85.6 Å². The number of ether oxygens (including phenoxy) is 1. The van der Waals surface area contributed by atoms with Crippen LogP contribution in [0.15, 0.2) is 58.7 Å². The Morgan fingerprint density at radius 2 is 1.53 bits per heavy atom. The molecule has 0 bridgehead atoms. The fourth-order valence-corrected chi connectivity index (χ4v) is 5.40. The van der Waals surface area contributed by atoms with Crippen LogP contribution in [0.5, 0.6) is 0 Å². The van der Waals surface area contributed by atoms with Crippen LogP contribution in [0.1, 0.15) is 38.1 Å². The molecule has 4 N–H and O–H groups in total. The zero-order valence-corrected chi connectivity index (χ0v) is 29.5. The van der Waals surface area contributed by atoms with Gasteiger partial charge in [0.1, 0.15) is 23.2 Å². The van der Waals surface area contributed by atoms with E-state index in [-0.39, 0.29) is 43.1 Å². The van der Waals surface area contributed by atoms with Gasteiger partial charge in [0.25, 0.3) is 0 Å². The van der Waals surface area contributed by atoms with E-state index in [9.17, 15) is 19.2 Å². The Labute approximate surface area is 296 Å². The summed E-state index contributed by atoms with van der Waals surface area (Å²) in [5.41, 5.74) is 4.78. The molecule has 3 rings (SSSR count). The normalized spacial score (nSPS) is 11.5. The van der Waals surface area contributed by atoms with Crippen LogP contribution in [0, 0.1) is 0 Å². The number of nitrogens with zero attached hydrogens (tertiary/aromatic N) is 4. The molecule has 0 saturated carbocycles. The second-order valence-electron chi connectivity index (χ2n) is 10.7. The van der Waals surface area contributed by atoms with Gasteiger partial charge in [0, 0.05) is 37.5 Å². The molecule has 0 fully saturated rings. The summed E-state index contributed by atoms with van der Waals surface area (Å²) in [6, 6.07) is 15.6. The van der Waals surface area contributed by atoms with E-state index < -0.39 is 6.09 Å². The lowest BCUT2D eigenvalue weighted by atomic mass is 10.0. The van der Waals surface area contributed by atoms with Crippen LogP contribution in [0.25, 0.3) is 28.1 Å². The largest absolute Gasteiger partial charge is 0.453 e. The van der Waals surface area contributed by atoms with Gasteiger partial charge in [0.2, 0.25) is 18.2 Å². The van der Waals surface area contributed by atoms with Gasteiger partial charge in [-0.25, -0.2) is 14.8 Å². The topological polar surface area (TPSA) is 161 Å². The van der Waals surface area contributed by atoms with Gasteiger partial charge >= 0.3 is 6.09 Å². The third-order valence-corrected chi connectivity index (χ3v) is 7.84. The van der Waals surface area contributed by atoms with Crippen molar-refractivity contribution in [3.05, 3.63) is 70.2 Å². The average molecular weight is 714 g/mol. The fraction of sp³-hybridized carbons (Fsp3) is 0.353. The molecule has 0 spiro atoms. The molecule has 1 heterocycles. The van der Waals surface area contributed by atoms with Crippen LogP contribution < -0.4 is 16.0 Å². The molecule has 0 radical (unpaired) electrons. The van der Waals surface area contributed by atoms with Crippen molar-refractivity contribution in [2.24, 2.45) is 4.99 Å². The van der Waals surface area contributed by atoms with Crippen molar-refractivity contribution < 1.29 is 23.9 Å². The highest BCUT2D eigenvalue weighted by molar-refractivity contribution is 6.32. The number of carbonyl (C=O) groups is 4. The molecule has 3 aromatic rings. The minimum atomic E-state index is -0.674. The lowest BCUT2D eigenvalue weighted by Crippen LogP contribution is -2.41. The molecule has 4 amide bonds. The van der Waals surface area contributed by atoms with Crippen LogP contribution in [0.2, 0.25) is 5.15 Å². The van der Waals surface area contributed by atoms with E-state index in [1.807, 2.05) is 62.4 Å². The number of methoxy groups -OCH3 is 1. The standard InChI is InChI=1S/C34H42Cl2N8O5/c1-5-16-43(29(47)20-40-34(48)49-4)18-15-39-32(35)30(37-3)25-11-7-23(8-12-25)24-9-13-26(14-10-24)31-33(36)42-27(41-31)21-44(17-6-2)28(46)19-38-22-45/h7-15,22,37H,5-6,16-21H2,1-4H3,(H,38,45)(H,40,48)(H,41,42)/b32-30-,39-15?. The molecule has 262 valence electrons. The summed E-state index contributed by atoms with van der Waals surface area (Å²) in [6.07, 6.45) is 2.88. The molecular formula is C34H42Cl2N8O5. The summed E-state index contributed by atoms with van der Waals surface area (Å²) in [6.45, 7) is 5.13. The number of nitrogens with one attached hydrogen (secondary N) is 4. The van der Waals surface area contributed by atoms with Crippen molar-refractivity contribution in [2.45, 2.75) is 33.2 Å². The number of aromatic nitrogens is 2. The van der Waals surface area contributed by atoms with Crippen LogP contribution in [0.3, 0.4) is 0 Å². The maximum absolute atomic E-state index is 12.5. The highest BCUT2D eigenvalue weighted by Crippen LogP contribution is 2.30. The van der Waals surface area contributed by atoms with Gasteiger partial charge in [-0.3, -0.25) is 14.4 Å². The van der Waals surface area contributed by atoms with E-state index in [1.54, 1.807) is 23.1 Å². The number of alkyl carbamates (subject to hydrolysis) is 1. The summed E-state index contributed by atoms with van der Waals surface area (Å²) in [4.78, 5) is 62.2. The summed E-state index contributed by atoms with van der Waals surface area (Å²) in [5.74, 6) is 0.0748. The second-order valence-corrected chi connectivity index (χ2v) is 11.5. The van der Waals surface area contributed by atoms with E-state index in [0.29, 0.717) is 41.9 Å². The Kier molecular flexibility index (Phi) is 15.6. The van der Waals surface area contributed by atoms with Crippen molar-refractivity contribution in [1.29, 1.82) is 0 Å². The Bertz CT molecular complexity index is 1620. The number of benzene rings is 2. The summed E-state index contributed by atoms with van der Waals surface area (Å²) in [7, 11) is 2.99. The third kappa shape index (κ3) is 11.4. The number of hydrogen-bond donors (Lipinski definition) is 4. The zero-order valence-electron chi connectivity index (χ0n) is 28.0. The first-order valence-corrected chi connectivity index (χ1v) is 16.5. The van der Waals surface area contributed by atoms with Gasteiger partial charge in [-0.2, -0.15) is 0 Å². The lowest BCUT2D eigenvalue weighted by Gasteiger charge is -2.20. The van der Waals surface area contributed by atoms with E-state index >= 15 is 0 Å². The maximum Gasteiger partial charge on any atom is 0.407 e. The SMILES string of the molecule is CCCN(CC=N/C(Cl)=C(\NC)c1ccc(-c2ccc(-c3nc(CN(CCC)C(=O)CNC=O)[nH]c3Cl)cc2)cc1)C(=O)CNC(=O)OC.